The Morgan fingerprint density at radius 3 is 2.62 bits per heavy atom. The second kappa shape index (κ2) is 3.29. The molecule has 2 N–H and O–H groups in total. The van der Waals surface area contributed by atoms with Crippen molar-refractivity contribution in [1.82, 2.24) is 10.6 Å². The van der Waals surface area contributed by atoms with E-state index in [9.17, 15) is 4.79 Å². The van der Waals surface area contributed by atoms with Crippen molar-refractivity contribution < 1.29 is 4.79 Å². The van der Waals surface area contributed by atoms with Gasteiger partial charge >= 0.3 is 0 Å². The van der Waals surface area contributed by atoms with Gasteiger partial charge in [-0.25, -0.2) is 0 Å². The Labute approximate surface area is 79.3 Å². The largest absolute Gasteiger partial charge is 0.358 e. The Morgan fingerprint density at radius 1 is 1.46 bits per heavy atom. The molecule has 2 saturated carbocycles. The first-order valence-electron chi connectivity index (χ1n) is 5.21. The van der Waals surface area contributed by atoms with Crippen LogP contribution in [0.5, 0.6) is 0 Å². The zero-order valence-corrected chi connectivity index (χ0v) is 8.23. The lowest BCUT2D eigenvalue weighted by molar-refractivity contribution is -0.120. The zero-order valence-electron chi connectivity index (χ0n) is 8.23. The molecule has 0 aliphatic heterocycles. The van der Waals surface area contributed by atoms with Crippen LogP contribution in [0.2, 0.25) is 0 Å². The number of amides is 1. The number of likely N-dealkylation sites (N-methyl/N-ethyl adjacent to an activating group) is 1. The molecule has 0 radical (unpaired) electrons. The van der Waals surface area contributed by atoms with Crippen LogP contribution in [0.3, 0.4) is 0 Å². The van der Waals surface area contributed by atoms with E-state index in [1.165, 1.54) is 32.1 Å². The van der Waals surface area contributed by atoms with E-state index in [-0.39, 0.29) is 5.91 Å². The molecule has 0 bridgehead atoms. The van der Waals surface area contributed by atoms with Crippen molar-refractivity contribution >= 4 is 5.91 Å². The van der Waals surface area contributed by atoms with Crippen LogP contribution in [0.15, 0.2) is 0 Å². The van der Waals surface area contributed by atoms with E-state index >= 15 is 0 Å². The highest BCUT2D eigenvalue weighted by Crippen LogP contribution is 2.55. The summed E-state index contributed by atoms with van der Waals surface area (Å²) in [6.07, 6.45) is 6.77. The molecule has 1 atom stereocenters. The van der Waals surface area contributed by atoms with Gasteiger partial charge in [-0.2, -0.15) is 0 Å². The molecular weight excluding hydrogens is 164 g/mol. The summed E-state index contributed by atoms with van der Waals surface area (Å²) >= 11 is 0. The summed E-state index contributed by atoms with van der Waals surface area (Å²) in [6, 6.07) is 0.624. The minimum atomic E-state index is 0.0985. The first-order chi connectivity index (χ1) is 6.27. The van der Waals surface area contributed by atoms with Gasteiger partial charge in [0.05, 0.1) is 6.54 Å². The van der Waals surface area contributed by atoms with Crippen LogP contribution in [0.25, 0.3) is 0 Å². The summed E-state index contributed by atoms with van der Waals surface area (Å²) in [5, 5.41) is 5.98. The fourth-order valence-electron chi connectivity index (χ4n) is 2.55. The molecule has 2 aliphatic rings. The average Bonchev–Trinajstić information content (AvgIpc) is 1.99. The highest BCUT2D eigenvalue weighted by Gasteiger charge is 2.50. The molecular formula is C10H18N2O. The smallest absolute Gasteiger partial charge is 0.233 e. The van der Waals surface area contributed by atoms with E-state index in [4.69, 9.17) is 0 Å². The molecule has 2 aliphatic carbocycles. The van der Waals surface area contributed by atoms with Gasteiger partial charge in [-0.1, -0.05) is 6.42 Å². The van der Waals surface area contributed by atoms with Crippen LogP contribution >= 0.6 is 0 Å². The summed E-state index contributed by atoms with van der Waals surface area (Å²) in [7, 11) is 1.68. The molecule has 1 spiro atoms. The van der Waals surface area contributed by atoms with Crippen molar-refractivity contribution in [2.45, 2.75) is 38.1 Å². The minimum Gasteiger partial charge on any atom is -0.358 e. The van der Waals surface area contributed by atoms with Crippen LogP contribution in [0.4, 0.5) is 0 Å². The van der Waals surface area contributed by atoms with Crippen molar-refractivity contribution in [3.8, 4) is 0 Å². The number of carbonyl (C=O) groups is 1. The van der Waals surface area contributed by atoms with E-state index in [0.29, 0.717) is 18.0 Å². The van der Waals surface area contributed by atoms with E-state index in [0.717, 1.165) is 0 Å². The van der Waals surface area contributed by atoms with Crippen LogP contribution in [-0.4, -0.2) is 25.5 Å². The minimum absolute atomic E-state index is 0.0985. The van der Waals surface area contributed by atoms with E-state index in [1.54, 1.807) is 7.05 Å². The van der Waals surface area contributed by atoms with Crippen LogP contribution < -0.4 is 10.6 Å². The molecule has 13 heavy (non-hydrogen) atoms. The lowest BCUT2D eigenvalue weighted by Gasteiger charge is -2.56. The molecule has 2 rings (SSSR count). The van der Waals surface area contributed by atoms with E-state index < -0.39 is 0 Å². The van der Waals surface area contributed by atoms with Crippen molar-refractivity contribution in [2.75, 3.05) is 13.6 Å². The van der Waals surface area contributed by atoms with Gasteiger partial charge in [0, 0.05) is 13.1 Å². The van der Waals surface area contributed by atoms with Gasteiger partial charge in [-0.15, -0.1) is 0 Å². The van der Waals surface area contributed by atoms with E-state index in [2.05, 4.69) is 10.6 Å². The molecule has 0 heterocycles. The van der Waals surface area contributed by atoms with Crippen molar-refractivity contribution in [3.05, 3.63) is 0 Å². The molecule has 0 aromatic carbocycles. The molecule has 0 saturated heterocycles. The zero-order chi connectivity index (χ0) is 9.31. The second-order valence-corrected chi connectivity index (χ2v) is 4.36. The second-order valence-electron chi connectivity index (χ2n) is 4.36. The summed E-state index contributed by atoms with van der Waals surface area (Å²) in [5.74, 6) is 0.0985. The Kier molecular flexibility index (Phi) is 2.28. The summed E-state index contributed by atoms with van der Waals surface area (Å²) in [4.78, 5) is 11.0. The first kappa shape index (κ1) is 9.00. The van der Waals surface area contributed by atoms with Gasteiger partial charge in [-0.05, 0) is 31.1 Å². The summed E-state index contributed by atoms with van der Waals surface area (Å²) < 4.78 is 0. The predicted octanol–water partition coefficient (Wildman–Crippen LogP) is 0.655. The van der Waals surface area contributed by atoms with Crippen molar-refractivity contribution in [2.24, 2.45) is 5.41 Å². The van der Waals surface area contributed by atoms with Gasteiger partial charge in [0.2, 0.25) is 5.91 Å². The third-order valence-corrected chi connectivity index (χ3v) is 3.81. The lowest BCUT2D eigenvalue weighted by Crippen LogP contribution is -2.58. The monoisotopic (exact) mass is 182 g/mol. The Morgan fingerprint density at radius 2 is 2.23 bits per heavy atom. The predicted molar refractivity (Wildman–Crippen MR) is 51.4 cm³/mol. The maximum atomic E-state index is 11.0. The molecule has 3 heteroatoms. The Bertz CT molecular complexity index is 205. The lowest BCUT2D eigenvalue weighted by atomic mass is 9.53. The van der Waals surface area contributed by atoms with Gasteiger partial charge in [0.25, 0.3) is 0 Å². The molecule has 3 nitrogen and oxygen atoms in total. The Hall–Kier alpha value is -0.570. The summed E-state index contributed by atoms with van der Waals surface area (Å²) in [6.45, 7) is 0.489. The SMILES string of the molecule is CNC(=O)CNC1CCC12CCC2. The van der Waals surface area contributed by atoms with Gasteiger partial charge in [0.1, 0.15) is 0 Å². The molecule has 74 valence electrons. The maximum absolute atomic E-state index is 11.0. The number of nitrogens with one attached hydrogen (secondary N) is 2. The highest BCUT2D eigenvalue weighted by molar-refractivity contribution is 5.77. The quantitative estimate of drug-likeness (QED) is 0.673. The topological polar surface area (TPSA) is 41.1 Å². The molecule has 0 aromatic rings. The normalized spacial score (nSPS) is 29.2. The molecule has 1 unspecified atom stereocenters. The van der Waals surface area contributed by atoms with Crippen molar-refractivity contribution in [1.29, 1.82) is 0 Å². The first-order valence-corrected chi connectivity index (χ1v) is 5.21. The van der Waals surface area contributed by atoms with E-state index in [1.807, 2.05) is 0 Å². The third kappa shape index (κ3) is 1.46. The number of hydrogen-bond acceptors (Lipinski definition) is 2. The fraction of sp³-hybridized carbons (Fsp3) is 0.900. The average molecular weight is 182 g/mol. The molecule has 0 aromatic heterocycles. The molecule has 1 amide bonds. The standard InChI is InChI=1S/C10H18N2O/c1-11-9(13)7-12-8-3-6-10(8)4-2-5-10/h8,12H,2-7H2,1H3,(H,11,13). The molecule has 2 fully saturated rings. The third-order valence-electron chi connectivity index (χ3n) is 3.81. The maximum Gasteiger partial charge on any atom is 0.233 e. The Balaban J connectivity index is 1.73. The van der Waals surface area contributed by atoms with Crippen LogP contribution in [0, 0.1) is 5.41 Å². The van der Waals surface area contributed by atoms with Gasteiger partial charge < -0.3 is 10.6 Å². The fourth-order valence-corrected chi connectivity index (χ4v) is 2.55. The number of carbonyl (C=O) groups excluding carboxylic acids is 1. The number of rotatable bonds is 3. The number of hydrogen-bond donors (Lipinski definition) is 2. The highest BCUT2D eigenvalue weighted by atomic mass is 16.1. The van der Waals surface area contributed by atoms with Crippen LogP contribution in [0.1, 0.15) is 32.1 Å². The van der Waals surface area contributed by atoms with Crippen LogP contribution in [-0.2, 0) is 4.79 Å². The van der Waals surface area contributed by atoms with Gasteiger partial charge in [0.15, 0.2) is 0 Å². The summed E-state index contributed by atoms with van der Waals surface area (Å²) in [5.41, 5.74) is 0.605. The van der Waals surface area contributed by atoms with Crippen molar-refractivity contribution in [3.63, 3.8) is 0 Å². The van der Waals surface area contributed by atoms with Gasteiger partial charge in [-0.3, -0.25) is 4.79 Å².